The second kappa shape index (κ2) is 1.27. The standard InChI is InChI=1S/C7H13N/c1-8-5-7(6-8)3-2-4-7/h8H,1-6H2. The molecule has 1 saturated heterocycles. The monoisotopic (exact) mass is 111 g/mol. The molecule has 1 spiro atoms. The minimum atomic E-state index is 0.817. The van der Waals surface area contributed by atoms with E-state index in [1.54, 1.807) is 0 Å². The quantitative estimate of drug-likeness (QED) is 0.414. The summed E-state index contributed by atoms with van der Waals surface area (Å²) in [6, 6.07) is 0. The van der Waals surface area contributed by atoms with Gasteiger partial charge in [-0.3, -0.25) is 0 Å². The topological polar surface area (TPSA) is 4.44 Å². The van der Waals surface area contributed by atoms with Crippen molar-refractivity contribution in [2.75, 3.05) is 13.1 Å². The summed E-state index contributed by atoms with van der Waals surface area (Å²) in [6.07, 6.45) is 4.46. The van der Waals surface area contributed by atoms with Gasteiger partial charge in [-0.2, -0.15) is 7.05 Å². The third-order valence-electron chi connectivity index (χ3n) is 2.66. The average Bonchev–Trinajstić information content (AvgIpc) is 1.51. The van der Waals surface area contributed by atoms with Crippen molar-refractivity contribution in [2.45, 2.75) is 19.3 Å². The molecule has 2 aliphatic rings. The smallest absolute Gasteiger partial charge is 0.0641 e. The van der Waals surface area contributed by atoms with Crippen LogP contribution in [0.3, 0.4) is 0 Å². The molecule has 1 heterocycles. The van der Waals surface area contributed by atoms with Crippen molar-refractivity contribution in [1.82, 2.24) is 0 Å². The summed E-state index contributed by atoms with van der Waals surface area (Å²) in [7, 11) is 3.94. The van der Waals surface area contributed by atoms with Crippen LogP contribution in [-0.4, -0.2) is 13.1 Å². The Bertz CT molecular complexity index is 97.0. The molecule has 1 aliphatic heterocycles. The average molecular weight is 111 g/mol. The van der Waals surface area contributed by atoms with Crippen molar-refractivity contribution in [2.24, 2.45) is 5.41 Å². The van der Waals surface area contributed by atoms with E-state index in [0.29, 0.717) is 0 Å². The second-order valence-corrected chi connectivity index (χ2v) is 3.46. The van der Waals surface area contributed by atoms with Gasteiger partial charge in [0.2, 0.25) is 0 Å². The molecule has 0 radical (unpaired) electrons. The number of hydrogen-bond donors (Lipinski definition) is 1. The van der Waals surface area contributed by atoms with Gasteiger partial charge in [0.15, 0.2) is 0 Å². The van der Waals surface area contributed by atoms with Crippen LogP contribution in [0.1, 0.15) is 19.3 Å². The third-order valence-corrected chi connectivity index (χ3v) is 2.66. The van der Waals surface area contributed by atoms with Gasteiger partial charge in [-0.05, 0) is 12.8 Å². The minimum absolute atomic E-state index is 0.817. The Hall–Kier alpha value is -0.0400. The number of nitrogens with one attached hydrogen (secondary N) is 1. The largest absolute Gasteiger partial charge is 0.467 e. The Morgan fingerprint density at radius 2 is 1.88 bits per heavy atom. The van der Waals surface area contributed by atoms with Crippen LogP contribution >= 0.6 is 0 Å². The summed E-state index contributed by atoms with van der Waals surface area (Å²) in [4.78, 5) is 1.49. The van der Waals surface area contributed by atoms with Crippen LogP contribution in [0.4, 0.5) is 0 Å². The lowest BCUT2D eigenvalue weighted by atomic mass is 9.64. The molecular formula is C7H13N. The van der Waals surface area contributed by atoms with Crippen molar-refractivity contribution in [3.63, 3.8) is 0 Å². The highest BCUT2D eigenvalue weighted by atomic mass is 15.2. The summed E-state index contributed by atoms with van der Waals surface area (Å²) < 4.78 is 0. The first-order valence-electron chi connectivity index (χ1n) is 3.47. The highest BCUT2D eigenvalue weighted by Gasteiger charge is 2.47. The van der Waals surface area contributed by atoms with Crippen LogP contribution in [0.15, 0.2) is 0 Å². The molecule has 0 unspecified atom stereocenters. The Morgan fingerprint density at radius 1 is 1.25 bits per heavy atom. The van der Waals surface area contributed by atoms with Crippen molar-refractivity contribution in [3.05, 3.63) is 7.05 Å². The van der Waals surface area contributed by atoms with Gasteiger partial charge >= 0.3 is 0 Å². The molecule has 1 aliphatic carbocycles. The summed E-state index contributed by atoms with van der Waals surface area (Å²) >= 11 is 0. The maximum absolute atomic E-state index is 3.94. The lowest BCUT2D eigenvalue weighted by Gasteiger charge is -2.54. The fourth-order valence-corrected chi connectivity index (χ4v) is 2.04. The molecular weight excluding hydrogens is 98.1 g/mol. The first kappa shape index (κ1) is 4.80. The van der Waals surface area contributed by atoms with Crippen LogP contribution in [0.25, 0.3) is 0 Å². The molecule has 0 atom stereocenters. The number of likely N-dealkylation sites (tertiary alicyclic amines) is 1. The summed E-state index contributed by atoms with van der Waals surface area (Å²) in [6.45, 7) is 2.71. The van der Waals surface area contributed by atoms with Gasteiger partial charge in [0.1, 0.15) is 0 Å². The lowest BCUT2D eigenvalue weighted by molar-refractivity contribution is -0.923. The van der Waals surface area contributed by atoms with Crippen molar-refractivity contribution in [1.29, 1.82) is 0 Å². The first-order chi connectivity index (χ1) is 3.81. The molecule has 0 aromatic heterocycles. The fraction of sp³-hybridized carbons (Fsp3) is 0.857. The Morgan fingerprint density at radius 3 is 2.00 bits per heavy atom. The molecule has 8 heavy (non-hydrogen) atoms. The van der Waals surface area contributed by atoms with Crippen molar-refractivity contribution in [3.8, 4) is 0 Å². The van der Waals surface area contributed by atoms with Gasteiger partial charge < -0.3 is 4.90 Å². The van der Waals surface area contributed by atoms with E-state index in [1.807, 2.05) is 0 Å². The van der Waals surface area contributed by atoms with Crippen LogP contribution in [-0.2, 0) is 0 Å². The Labute approximate surface area is 50.7 Å². The maximum Gasteiger partial charge on any atom is 0.0641 e. The van der Waals surface area contributed by atoms with Crippen LogP contribution < -0.4 is 4.90 Å². The van der Waals surface area contributed by atoms with Crippen LogP contribution in [0, 0.1) is 12.5 Å². The van der Waals surface area contributed by atoms with E-state index in [1.165, 1.54) is 37.3 Å². The van der Waals surface area contributed by atoms with E-state index in [2.05, 4.69) is 7.05 Å². The second-order valence-electron chi connectivity index (χ2n) is 3.46. The Kier molecular flexibility index (Phi) is 0.762. The van der Waals surface area contributed by atoms with Crippen LogP contribution in [0.5, 0.6) is 0 Å². The highest BCUT2D eigenvalue weighted by molar-refractivity contribution is 4.90. The molecule has 0 bridgehead atoms. The molecule has 2 rings (SSSR count). The molecule has 0 aromatic rings. The molecule has 1 nitrogen and oxygen atoms in total. The van der Waals surface area contributed by atoms with Gasteiger partial charge in [-0.1, -0.05) is 6.42 Å². The molecule has 0 amide bonds. The molecule has 46 valence electrons. The van der Waals surface area contributed by atoms with Crippen LogP contribution in [0.2, 0.25) is 0 Å². The summed E-state index contributed by atoms with van der Waals surface area (Å²) in [5.74, 6) is 0. The summed E-state index contributed by atoms with van der Waals surface area (Å²) in [5.41, 5.74) is 0.817. The molecule has 1 saturated carbocycles. The summed E-state index contributed by atoms with van der Waals surface area (Å²) in [5, 5.41) is 0. The lowest BCUT2D eigenvalue weighted by Crippen LogP contribution is -3.18. The molecule has 1 N–H and O–H groups in total. The first-order valence-corrected chi connectivity index (χ1v) is 3.47. The zero-order valence-electron chi connectivity index (χ0n) is 5.24. The third kappa shape index (κ3) is 0.455. The number of quaternary nitrogens is 1. The van der Waals surface area contributed by atoms with E-state index in [-0.39, 0.29) is 0 Å². The predicted molar refractivity (Wildman–Crippen MR) is 32.3 cm³/mol. The van der Waals surface area contributed by atoms with E-state index in [9.17, 15) is 0 Å². The van der Waals surface area contributed by atoms with E-state index < -0.39 is 0 Å². The number of hydrogen-bond acceptors (Lipinski definition) is 0. The number of rotatable bonds is 0. The van der Waals surface area contributed by atoms with Gasteiger partial charge in [-0.25, -0.2) is 0 Å². The molecule has 0 aromatic carbocycles. The van der Waals surface area contributed by atoms with E-state index in [4.69, 9.17) is 0 Å². The van der Waals surface area contributed by atoms with Crippen molar-refractivity contribution >= 4 is 0 Å². The minimum Gasteiger partial charge on any atom is -0.467 e. The fourth-order valence-electron chi connectivity index (χ4n) is 2.04. The van der Waals surface area contributed by atoms with Gasteiger partial charge in [0.25, 0.3) is 0 Å². The van der Waals surface area contributed by atoms with E-state index >= 15 is 0 Å². The predicted octanol–water partition coefficient (Wildman–Crippen LogP) is -0.153. The van der Waals surface area contributed by atoms with E-state index in [0.717, 1.165) is 5.41 Å². The molecule has 2 fully saturated rings. The van der Waals surface area contributed by atoms with Gasteiger partial charge in [0.05, 0.1) is 18.5 Å². The maximum atomic E-state index is 3.94. The highest BCUT2D eigenvalue weighted by Crippen LogP contribution is 2.41. The normalized spacial score (nSPS) is 34.1. The Balaban J connectivity index is 1.92. The zero-order valence-corrected chi connectivity index (χ0v) is 5.24. The van der Waals surface area contributed by atoms with Crippen molar-refractivity contribution < 1.29 is 4.90 Å². The van der Waals surface area contributed by atoms with Gasteiger partial charge in [0, 0.05) is 0 Å². The SMILES string of the molecule is [CH2-][NH+]1CC2(CCC2)C1. The molecule has 1 heteroatoms. The van der Waals surface area contributed by atoms with Gasteiger partial charge in [-0.15, -0.1) is 0 Å². The zero-order chi connectivity index (χ0) is 5.61.